The minimum absolute atomic E-state index is 0.0931. The number of carbonyl (C=O) groups is 2. The molecule has 0 aliphatic rings. The van der Waals surface area contributed by atoms with E-state index in [2.05, 4.69) is 10.0 Å². The number of hydrogen-bond acceptors (Lipinski definition) is 4. The lowest BCUT2D eigenvalue weighted by Crippen LogP contribution is -2.34. The number of sulfonamides is 1. The van der Waals surface area contributed by atoms with Gasteiger partial charge in [-0.1, -0.05) is 17.7 Å². The van der Waals surface area contributed by atoms with Gasteiger partial charge in [0.1, 0.15) is 5.82 Å². The van der Waals surface area contributed by atoms with Gasteiger partial charge in [-0.3, -0.25) is 14.3 Å². The maximum atomic E-state index is 13.0. The molecule has 0 radical (unpaired) electrons. The van der Waals surface area contributed by atoms with Crippen LogP contribution >= 0.6 is 11.6 Å². The Balaban J connectivity index is 1.61. The van der Waals surface area contributed by atoms with Crippen molar-refractivity contribution in [3.63, 3.8) is 0 Å². The van der Waals surface area contributed by atoms with Crippen LogP contribution in [0.1, 0.15) is 10.4 Å². The molecule has 0 atom stereocenters. The Bertz CT molecular complexity index is 1230. The number of halogens is 2. The second-order valence-electron chi connectivity index (χ2n) is 6.86. The van der Waals surface area contributed by atoms with Crippen LogP contribution in [0.3, 0.4) is 0 Å². The molecule has 0 aliphatic heterocycles. The van der Waals surface area contributed by atoms with Gasteiger partial charge in [-0.15, -0.1) is 0 Å². The molecule has 0 aromatic heterocycles. The Morgan fingerprint density at radius 1 is 0.969 bits per heavy atom. The fourth-order valence-corrected chi connectivity index (χ4v) is 4.03. The van der Waals surface area contributed by atoms with Gasteiger partial charge in [0.05, 0.1) is 11.4 Å². The van der Waals surface area contributed by atoms with E-state index in [1.165, 1.54) is 36.2 Å². The number of nitrogens with one attached hydrogen (secondary N) is 2. The predicted molar refractivity (Wildman–Crippen MR) is 121 cm³/mol. The van der Waals surface area contributed by atoms with Crippen LogP contribution in [0, 0.1) is 5.82 Å². The lowest BCUT2D eigenvalue weighted by molar-refractivity contribution is -0.116. The monoisotopic (exact) mass is 475 g/mol. The van der Waals surface area contributed by atoms with Gasteiger partial charge in [0.15, 0.2) is 0 Å². The average Bonchev–Trinajstić information content (AvgIpc) is 2.73. The van der Waals surface area contributed by atoms with E-state index >= 15 is 0 Å². The number of nitrogens with zero attached hydrogens (tertiary/aromatic N) is 1. The summed E-state index contributed by atoms with van der Waals surface area (Å²) >= 11 is 5.88. The third kappa shape index (κ3) is 6.05. The summed E-state index contributed by atoms with van der Waals surface area (Å²) in [5.41, 5.74) is 1.01. The molecule has 2 N–H and O–H groups in total. The zero-order valence-electron chi connectivity index (χ0n) is 16.9. The molecule has 0 saturated heterocycles. The summed E-state index contributed by atoms with van der Waals surface area (Å²) in [6, 6.07) is 16.8. The van der Waals surface area contributed by atoms with Crippen molar-refractivity contribution in [2.45, 2.75) is 4.90 Å². The third-order valence-electron chi connectivity index (χ3n) is 4.34. The highest BCUT2D eigenvalue weighted by Crippen LogP contribution is 2.18. The van der Waals surface area contributed by atoms with Gasteiger partial charge in [-0.05, 0) is 66.7 Å². The number of likely N-dealkylation sites (N-methyl/N-ethyl adjacent to an activating group) is 1. The topological polar surface area (TPSA) is 95.6 Å². The molecule has 0 fully saturated rings. The molecule has 0 unspecified atom stereocenters. The van der Waals surface area contributed by atoms with Crippen molar-refractivity contribution in [1.82, 2.24) is 4.90 Å². The van der Waals surface area contributed by atoms with Crippen molar-refractivity contribution in [2.75, 3.05) is 23.6 Å². The van der Waals surface area contributed by atoms with Gasteiger partial charge >= 0.3 is 0 Å². The smallest absolute Gasteiger partial charge is 0.261 e. The minimum Gasteiger partial charge on any atom is -0.332 e. The number of hydrogen-bond donors (Lipinski definition) is 2. The van der Waals surface area contributed by atoms with Gasteiger partial charge < -0.3 is 10.2 Å². The first-order valence-electron chi connectivity index (χ1n) is 9.33. The minimum atomic E-state index is -3.90. The zero-order valence-corrected chi connectivity index (χ0v) is 18.5. The van der Waals surface area contributed by atoms with E-state index in [0.29, 0.717) is 10.7 Å². The van der Waals surface area contributed by atoms with Gasteiger partial charge in [0.2, 0.25) is 5.91 Å². The highest BCUT2D eigenvalue weighted by atomic mass is 35.5. The normalized spacial score (nSPS) is 11.0. The summed E-state index contributed by atoms with van der Waals surface area (Å²) in [6.45, 7) is -0.190. The maximum Gasteiger partial charge on any atom is 0.261 e. The fraction of sp³-hybridized carbons (Fsp3) is 0.0909. The molecule has 3 rings (SSSR count). The quantitative estimate of drug-likeness (QED) is 0.540. The Morgan fingerprint density at radius 2 is 1.62 bits per heavy atom. The first-order valence-corrected chi connectivity index (χ1v) is 11.2. The van der Waals surface area contributed by atoms with E-state index in [9.17, 15) is 22.4 Å². The van der Waals surface area contributed by atoms with Crippen LogP contribution in [0.15, 0.2) is 77.7 Å². The molecule has 0 aliphatic carbocycles. The van der Waals surface area contributed by atoms with Crippen LogP contribution in [0.2, 0.25) is 5.02 Å². The Morgan fingerprint density at radius 3 is 2.25 bits per heavy atom. The van der Waals surface area contributed by atoms with Crippen LogP contribution in [0.25, 0.3) is 0 Å². The van der Waals surface area contributed by atoms with Crippen molar-refractivity contribution in [2.24, 2.45) is 0 Å². The van der Waals surface area contributed by atoms with E-state index in [-0.39, 0.29) is 22.7 Å². The standard InChI is InChI=1S/C22H19ClFN3O4S/c1-27(14-21(28)25-19-4-2-3-16(23)13-19)22(29)15-5-9-18(10-6-15)26-32(30,31)20-11-7-17(24)8-12-20/h2-13,26H,14H2,1H3,(H,25,28). The first-order chi connectivity index (χ1) is 15.1. The summed E-state index contributed by atoms with van der Waals surface area (Å²) in [6.07, 6.45) is 0. The molecule has 3 aromatic rings. The predicted octanol–water partition coefficient (Wildman–Crippen LogP) is 3.99. The van der Waals surface area contributed by atoms with Gasteiger partial charge in [-0.2, -0.15) is 0 Å². The second-order valence-corrected chi connectivity index (χ2v) is 8.98. The molecule has 32 heavy (non-hydrogen) atoms. The lowest BCUT2D eigenvalue weighted by atomic mass is 10.2. The van der Waals surface area contributed by atoms with Crippen LogP contribution < -0.4 is 10.0 Å². The van der Waals surface area contributed by atoms with Gasteiger partial charge in [0.25, 0.3) is 15.9 Å². The van der Waals surface area contributed by atoms with Crippen molar-refractivity contribution in [3.8, 4) is 0 Å². The molecule has 7 nitrogen and oxygen atoms in total. The molecule has 3 aromatic carbocycles. The van der Waals surface area contributed by atoms with Crippen molar-refractivity contribution in [3.05, 3.63) is 89.2 Å². The molecular weight excluding hydrogens is 457 g/mol. The molecule has 0 bridgehead atoms. The van der Waals surface area contributed by atoms with Crippen molar-refractivity contribution < 1.29 is 22.4 Å². The highest BCUT2D eigenvalue weighted by Gasteiger charge is 2.17. The average molecular weight is 476 g/mol. The largest absolute Gasteiger partial charge is 0.332 e. The molecule has 0 saturated carbocycles. The van der Waals surface area contributed by atoms with Crippen LogP contribution in [-0.4, -0.2) is 38.7 Å². The Labute approximate surface area is 189 Å². The summed E-state index contributed by atoms with van der Waals surface area (Å²) in [7, 11) is -2.43. The number of benzene rings is 3. The number of amides is 2. The van der Waals surface area contributed by atoms with E-state index in [1.807, 2.05) is 0 Å². The van der Waals surface area contributed by atoms with E-state index in [1.54, 1.807) is 24.3 Å². The summed E-state index contributed by atoms with van der Waals surface area (Å²) in [4.78, 5) is 25.9. The fourth-order valence-electron chi connectivity index (χ4n) is 2.78. The zero-order chi connectivity index (χ0) is 23.3. The lowest BCUT2D eigenvalue weighted by Gasteiger charge is -2.17. The third-order valence-corrected chi connectivity index (χ3v) is 5.98. The number of carbonyl (C=O) groups excluding carboxylic acids is 2. The van der Waals surface area contributed by atoms with Crippen molar-refractivity contribution >= 4 is 44.8 Å². The SMILES string of the molecule is CN(CC(=O)Nc1cccc(Cl)c1)C(=O)c1ccc(NS(=O)(=O)c2ccc(F)cc2)cc1. The summed E-state index contributed by atoms with van der Waals surface area (Å²) in [5, 5.41) is 3.13. The van der Waals surface area contributed by atoms with Gasteiger partial charge in [0, 0.05) is 29.0 Å². The molecule has 10 heteroatoms. The van der Waals surface area contributed by atoms with Crippen LogP contribution in [0.4, 0.5) is 15.8 Å². The van der Waals surface area contributed by atoms with E-state index < -0.39 is 27.7 Å². The maximum absolute atomic E-state index is 13.0. The number of rotatable bonds is 7. The second kappa shape index (κ2) is 9.80. The first kappa shape index (κ1) is 23.2. The highest BCUT2D eigenvalue weighted by molar-refractivity contribution is 7.92. The Hall–Kier alpha value is -3.43. The van der Waals surface area contributed by atoms with Crippen molar-refractivity contribution in [1.29, 1.82) is 0 Å². The molecule has 2 amide bonds. The Kier molecular flexibility index (Phi) is 7.12. The van der Waals surface area contributed by atoms with E-state index in [4.69, 9.17) is 11.6 Å². The number of anilines is 2. The summed E-state index contributed by atoms with van der Waals surface area (Å²) < 4.78 is 40.1. The van der Waals surface area contributed by atoms with Gasteiger partial charge in [-0.25, -0.2) is 12.8 Å². The van der Waals surface area contributed by atoms with Crippen LogP contribution in [-0.2, 0) is 14.8 Å². The molecule has 166 valence electrons. The molecular formula is C22H19ClFN3O4S. The van der Waals surface area contributed by atoms with E-state index in [0.717, 1.165) is 24.3 Å². The summed E-state index contributed by atoms with van der Waals surface area (Å²) in [5.74, 6) is -1.36. The molecule has 0 spiro atoms. The molecule has 0 heterocycles. The van der Waals surface area contributed by atoms with Crippen LogP contribution in [0.5, 0.6) is 0 Å².